The first-order valence-corrected chi connectivity index (χ1v) is 8.88. The van der Waals surface area contributed by atoms with Gasteiger partial charge >= 0.3 is 0 Å². The first kappa shape index (κ1) is 16.0. The highest BCUT2D eigenvalue weighted by Gasteiger charge is 2.18. The second kappa shape index (κ2) is 6.45. The molecule has 0 aliphatic carbocycles. The number of hydrogen-bond donors (Lipinski definition) is 0. The van der Waals surface area contributed by atoms with Crippen LogP contribution in [0.5, 0.6) is 0 Å². The number of aryl methyl sites for hydroxylation is 2. The van der Waals surface area contributed by atoms with Crippen molar-refractivity contribution in [1.82, 2.24) is 14.9 Å². The Morgan fingerprint density at radius 3 is 2.32 bits per heavy atom. The smallest absolute Gasteiger partial charge is 0.139 e. The van der Waals surface area contributed by atoms with E-state index in [1.165, 1.54) is 22.3 Å². The number of anilines is 1. The van der Waals surface area contributed by atoms with Gasteiger partial charge in [-0.2, -0.15) is 0 Å². The van der Waals surface area contributed by atoms with Crippen molar-refractivity contribution in [2.75, 3.05) is 38.1 Å². The summed E-state index contributed by atoms with van der Waals surface area (Å²) in [6.45, 7) is 8.52. The molecule has 0 radical (unpaired) electrons. The third-order valence-electron chi connectivity index (χ3n) is 5.19. The van der Waals surface area contributed by atoms with Gasteiger partial charge in [-0.15, -0.1) is 0 Å². The molecule has 1 aromatic heterocycles. The van der Waals surface area contributed by atoms with Crippen LogP contribution in [0.25, 0.3) is 22.0 Å². The lowest BCUT2D eigenvalue weighted by Crippen LogP contribution is -2.44. The number of piperazine rings is 1. The summed E-state index contributed by atoms with van der Waals surface area (Å²) in [5.74, 6) is 1.06. The normalized spacial score (nSPS) is 15.7. The van der Waals surface area contributed by atoms with E-state index < -0.39 is 0 Å². The summed E-state index contributed by atoms with van der Waals surface area (Å²) in [5.41, 5.74) is 6.15. The van der Waals surface area contributed by atoms with Gasteiger partial charge < -0.3 is 9.80 Å². The molecular weight excluding hydrogens is 308 g/mol. The minimum Gasteiger partial charge on any atom is -0.353 e. The van der Waals surface area contributed by atoms with E-state index >= 15 is 0 Å². The molecule has 0 atom stereocenters. The van der Waals surface area contributed by atoms with Crippen LogP contribution in [0, 0.1) is 13.8 Å². The van der Waals surface area contributed by atoms with E-state index in [0.717, 1.165) is 42.9 Å². The van der Waals surface area contributed by atoms with Crippen LogP contribution in [0.2, 0.25) is 0 Å². The Morgan fingerprint density at radius 1 is 0.880 bits per heavy atom. The molecule has 3 aromatic rings. The quantitative estimate of drug-likeness (QED) is 0.717. The summed E-state index contributed by atoms with van der Waals surface area (Å²) < 4.78 is 0. The number of hydrogen-bond acceptors (Lipinski definition) is 4. The summed E-state index contributed by atoms with van der Waals surface area (Å²) in [4.78, 5) is 13.9. The molecule has 1 saturated heterocycles. The number of nitrogens with zero attached hydrogens (tertiary/aromatic N) is 4. The Balaban J connectivity index is 1.78. The molecule has 128 valence electrons. The molecule has 0 saturated carbocycles. The SMILES string of the molecule is Cc1cccc(C)c1-c1ccc2c(N3CCN(C)CC3)ncnc2c1. The van der Waals surface area contributed by atoms with Gasteiger partial charge in [0.05, 0.1) is 5.52 Å². The maximum Gasteiger partial charge on any atom is 0.139 e. The van der Waals surface area contributed by atoms with Crippen molar-refractivity contribution in [2.45, 2.75) is 13.8 Å². The molecule has 0 unspecified atom stereocenters. The summed E-state index contributed by atoms with van der Waals surface area (Å²) in [5, 5.41) is 1.14. The van der Waals surface area contributed by atoms with E-state index in [-0.39, 0.29) is 0 Å². The van der Waals surface area contributed by atoms with E-state index in [1.54, 1.807) is 6.33 Å². The summed E-state index contributed by atoms with van der Waals surface area (Å²) >= 11 is 0. The summed E-state index contributed by atoms with van der Waals surface area (Å²) in [6.07, 6.45) is 1.70. The van der Waals surface area contributed by atoms with Crippen LogP contribution in [0.15, 0.2) is 42.7 Å². The molecule has 0 N–H and O–H groups in total. The molecule has 0 amide bonds. The van der Waals surface area contributed by atoms with Crippen molar-refractivity contribution in [1.29, 1.82) is 0 Å². The van der Waals surface area contributed by atoms with Gasteiger partial charge in [0, 0.05) is 31.6 Å². The van der Waals surface area contributed by atoms with Gasteiger partial charge in [-0.25, -0.2) is 9.97 Å². The monoisotopic (exact) mass is 332 g/mol. The highest BCUT2D eigenvalue weighted by Crippen LogP contribution is 2.31. The number of aromatic nitrogens is 2. The van der Waals surface area contributed by atoms with Gasteiger partial charge in [-0.1, -0.05) is 24.3 Å². The van der Waals surface area contributed by atoms with Gasteiger partial charge in [0.2, 0.25) is 0 Å². The topological polar surface area (TPSA) is 32.3 Å². The predicted molar refractivity (Wildman–Crippen MR) is 104 cm³/mol. The number of likely N-dealkylation sites (N-methyl/N-ethyl adjacent to an activating group) is 1. The van der Waals surface area contributed by atoms with E-state index in [2.05, 4.69) is 77.1 Å². The molecule has 0 spiro atoms. The molecule has 1 aliphatic rings. The van der Waals surface area contributed by atoms with E-state index in [1.807, 2.05) is 0 Å². The molecule has 0 bridgehead atoms. The Hall–Kier alpha value is -2.46. The third kappa shape index (κ3) is 2.98. The Morgan fingerprint density at radius 2 is 1.60 bits per heavy atom. The van der Waals surface area contributed by atoms with Crippen LogP contribution in [0.1, 0.15) is 11.1 Å². The van der Waals surface area contributed by atoms with Crippen molar-refractivity contribution in [3.8, 4) is 11.1 Å². The fraction of sp³-hybridized carbons (Fsp3) is 0.333. The van der Waals surface area contributed by atoms with Crippen LogP contribution in [0.4, 0.5) is 5.82 Å². The van der Waals surface area contributed by atoms with Crippen molar-refractivity contribution >= 4 is 16.7 Å². The lowest BCUT2D eigenvalue weighted by atomic mass is 9.95. The zero-order valence-corrected chi connectivity index (χ0v) is 15.2. The van der Waals surface area contributed by atoms with Crippen LogP contribution in [-0.4, -0.2) is 48.1 Å². The molecule has 25 heavy (non-hydrogen) atoms. The predicted octanol–water partition coefficient (Wildman–Crippen LogP) is 3.67. The van der Waals surface area contributed by atoms with Crippen LogP contribution in [-0.2, 0) is 0 Å². The Bertz CT molecular complexity index is 891. The van der Waals surface area contributed by atoms with Gasteiger partial charge in [0.25, 0.3) is 0 Å². The fourth-order valence-electron chi connectivity index (χ4n) is 3.74. The maximum absolute atomic E-state index is 4.59. The lowest BCUT2D eigenvalue weighted by molar-refractivity contribution is 0.312. The molecule has 2 aromatic carbocycles. The summed E-state index contributed by atoms with van der Waals surface area (Å²) in [6, 6.07) is 13.0. The van der Waals surface area contributed by atoms with Gasteiger partial charge in [-0.3, -0.25) is 0 Å². The number of rotatable bonds is 2. The number of benzene rings is 2. The second-order valence-electron chi connectivity index (χ2n) is 6.99. The average molecular weight is 332 g/mol. The Labute approximate surface area is 149 Å². The van der Waals surface area contributed by atoms with Crippen LogP contribution >= 0.6 is 0 Å². The first-order valence-electron chi connectivity index (χ1n) is 8.88. The standard InChI is InChI=1S/C21H24N4/c1-15-5-4-6-16(2)20(15)17-7-8-18-19(13-17)22-14-23-21(18)25-11-9-24(3)10-12-25/h4-8,13-14H,9-12H2,1-3H3. The van der Waals surface area contributed by atoms with E-state index in [4.69, 9.17) is 0 Å². The maximum atomic E-state index is 4.59. The molecule has 1 fully saturated rings. The zero-order valence-electron chi connectivity index (χ0n) is 15.2. The van der Waals surface area contributed by atoms with Gasteiger partial charge in [0.1, 0.15) is 12.1 Å². The van der Waals surface area contributed by atoms with Gasteiger partial charge in [0.15, 0.2) is 0 Å². The Kier molecular flexibility index (Phi) is 4.14. The fourth-order valence-corrected chi connectivity index (χ4v) is 3.74. The molecule has 2 heterocycles. The zero-order chi connectivity index (χ0) is 17.4. The van der Waals surface area contributed by atoms with Crippen molar-refractivity contribution in [2.24, 2.45) is 0 Å². The molecular formula is C21H24N4. The lowest BCUT2D eigenvalue weighted by Gasteiger charge is -2.33. The van der Waals surface area contributed by atoms with E-state index in [9.17, 15) is 0 Å². The van der Waals surface area contributed by atoms with Crippen molar-refractivity contribution in [3.05, 3.63) is 53.9 Å². The average Bonchev–Trinajstić information content (AvgIpc) is 2.62. The van der Waals surface area contributed by atoms with Crippen LogP contribution < -0.4 is 4.90 Å². The molecule has 4 rings (SSSR count). The minimum absolute atomic E-state index is 1.02. The molecule has 1 aliphatic heterocycles. The highest BCUT2D eigenvalue weighted by molar-refractivity contribution is 5.93. The second-order valence-corrected chi connectivity index (χ2v) is 6.99. The number of fused-ring (bicyclic) bond motifs is 1. The largest absolute Gasteiger partial charge is 0.353 e. The van der Waals surface area contributed by atoms with Gasteiger partial charge in [-0.05, 0) is 55.3 Å². The minimum atomic E-state index is 1.02. The first-order chi connectivity index (χ1) is 12.1. The van der Waals surface area contributed by atoms with Crippen LogP contribution in [0.3, 0.4) is 0 Å². The molecule has 4 nitrogen and oxygen atoms in total. The third-order valence-corrected chi connectivity index (χ3v) is 5.19. The van der Waals surface area contributed by atoms with Crippen molar-refractivity contribution < 1.29 is 0 Å². The van der Waals surface area contributed by atoms with E-state index in [0.29, 0.717) is 0 Å². The molecule has 4 heteroatoms. The highest BCUT2D eigenvalue weighted by atomic mass is 15.3. The summed E-state index contributed by atoms with van der Waals surface area (Å²) in [7, 11) is 2.17. The van der Waals surface area contributed by atoms with Crippen molar-refractivity contribution in [3.63, 3.8) is 0 Å².